The van der Waals surface area contributed by atoms with Crippen molar-refractivity contribution in [1.29, 1.82) is 0 Å². The number of carbonyl (C=O) groups is 2. The van der Waals surface area contributed by atoms with Crippen LogP contribution in [-0.2, 0) is 14.3 Å². The van der Waals surface area contributed by atoms with Crippen LogP contribution in [0.5, 0.6) is 0 Å². The third kappa shape index (κ3) is 5.86. The molecule has 0 saturated heterocycles. The second-order valence-electron chi connectivity index (χ2n) is 2.66. The minimum Gasteiger partial charge on any atom is -0.481 e. The number of carboxylic acids is 1. The highest BCUT2D eigenvalue weighted by Gasteiger charge is 2.16. The number of carboxylic acid groups (broad SMARTS) is 1. The van der Waals surface area contributed by atoms with E-state index in [4.69, 9.17) is 10.8 Å². The average molecular weight is 187 g/mol. The first-order chi connectivity index (χ1) is 5.93. The van der Waals surface area contributed by atoms with Crippen molar-refractivity contribution in [3.8, 4) is 0 Å². The van der Waals surface area contributed by atoms with Crippen molar-refractivity contribution in [2.45, 2.75) is 25.8 Å². The number of hydrogen-bond acceptors (Lipinski definition) is 4. The molecular formula is C8H13NO4. The number of carbonyl (C=O) groups excluding carboxylic acids is 1. The van der Waals surface area contributed by atoms with Gasteiger partial charge in [0.15, 0.2) is 0 Å². The summed E-state index contributed by atoms with van der Waals surface area (Å²) >= 11 is 0. The lowest BCUT2D eigenvalue weighted by Crippen LogP contribution is -2.32. The van der Waals surface area contributed by atoms with Crippen LogP contribution in [0, 0.1) is 0 Å². The summed E-state index contributed by atoms with van der Waals surface area (Å²) < 4.78 is 4.59. The highest BCUT2D eigenvalue weighted by Crippen LogP contribution is 2.00. The van der Waals surface area contributed by atoms with Gasteiger partial charge in [-0.1, -0.05) is 6.58 Å². The van der Waals surface area contributed by atoms with Crippen molar-refractivity contribution in [2.75, 3.05) is 0 Å². The minimum atomic E-state index is -0.987. The Balaban J connectivity index is 3.82. The van der Waals surface area contributed by atoms with Crippen molar-refractivity contribution < 1.29 is 19.4 Å². The van der Waals surface area contributed by atoms with Crippen LogP contribution in [0.25, 0.3) is 0 Å². The number of nitrogens with two attached hydrogens (primary N) is 1. The fourth-order valence-electron chi connectivity index (χ4n) is 0.644. The summed E-state index contributed by atoms with van der Waals surface area (Å²) in [6.07, 6.45) is -0.0755. The molecule has 5 nitrogen and oxygen atoms in total. The van der Waals surface area contributed by atoms with Crippen LogP contribution in [0.1, 0.15) is 19.8 Å². The molecule has 0 aliphatic carbocycles. The maximum absolute atomic E-state index is 11.0. The van der Waals surface area contributed by atoms with Gasteiger partial charge < -0.3 is 15.6 Å². The van der Waals surface area contributed by atoms with Crippen molar-refractivity contribution in [3.63, 3.8) is 0 Å². The molecule has 3 N–H and O–H groups in total. The number of allylic oxidation sites excluding steroid dienone is 1. The van der Waals surface area contributed by atoms with Gasteiger partial charge >= 0.3 is 11.9 Å². The second-order valence-corrected chi connectivity index (χ2v) is 2.66. The molecule has 0 aliphatic rings. The van der Waals surface area contributed by atoms with Crippen molar-refractivity contribution >= 4 is 11.9 Å². The van der Waals surface area contributed by atoms with E-state index in [2.05, 4.69) is 11.3 Å². The van der Waals surface area contributed by atoms with Crippen LogP contribution in [0.4, 0.5) is 0 Å². The van der Waals surface area contributed by atoms with Crippen LogP contribution >= 0.6 is 0 Å². The quantitative estimate of drug-likeness (QED) is 0.475. The van der Waals surface area contributed by atoms with Crippen molar-refractivity contribution in [2.24, 2.45) is 5.73 Å². The fraction of sp³-hybridized carbons (Fsp3) is 0.500. The Morgan fingerprint density at radius 2 is 2.15 bits per heavy atom. The molecule has 0 rings (SSSR count). The smallest absolute Gasteiger partial charge is 0.327 e. The first-order valence-electron chi connectivity index (χ1n) is 3.78. The summed E-state index contributed by atoms with van der Waals surface area (Å²) in [5.41, 5.74) is 5.33. The van der Waals surface area contributed by atoms with E-state index in [0.717, 1.165) is 0 Å². The molecule has 5 heteroatoms. The molecule has 1 atom stereocenters. The van der Waals surface area contributed by atoms with E-state index in [1.165, 1.54) is 6.92 Å². The average Bonchev–Trinajstić information content (AvgIpc) is 1.98. The fourth-order valence-corrected chi connectivity index (χ4v) is 0.644. The maximum atomic E-state index is 11.0. The molecule has 0 bridgehead atoms. The third-order valence-corrected chi connectivity index (χ3v) is 1.25. The van der Waals surface area contributed by atoms with E-state index < -0.39 is 18.0 Å². The van der Waals surface area contributed by atoms with Crippen LogP contribution in [0.2, 0.25) is 0 Å². The van der Waals surface area contributed by atoms with Gasteiger partial charge in [0.25, 0.3) is 0 Å². The molecular weight excluding hydrogens is 174 g/mol. The Morgan fingerprint density at radius 1 is 1.62 bits per heavy atom. The SMILES string of the molecule is C=C(C)OC(=O)[C@@H](N)CCC(=O)O. The lowest BCUT2D eigenvalue weighted by atomic mass is 10.2. The zero-order valence-corrected chi connectivity index (χ0v) is 7.45. The van der Waals surface area contributed by atoms with E-state index in [1.54, 1.807) is 0 Å². The molecule has 0 aromatic carbocycles. The highest BCUT2D eigenvalue weighted by molar-refractivity contribution is 5.77. The van der Waals surface area contributed by atoms with Gasteiger partial charge in [0.1, 0.15) is 6.04 Å². The van der Waals surface area contributed by atoms with E-state index in [-0.39, 0.29) is 18.6 Å². The van der Waals surface area contributed by atoms with Gasteiger partial charge in [0.05, 0.1) is 5.76 Å². The van der Waals surface area contributed by atoms with Gasteiger partial charge in [0.2, 0.25) is 0 Å². The van der Waals surface area contributed by atoms with Gasteiger partial charge in [-0.15, -0.1) is 0 Å². The van der Waals surface area contributed by atoms with Gasteiger partial charge in [0, 0.05) is 6.42 Å². The lowest BCUT2D eigenvalue weighted by Gasteiger charge is -2.08. The van der Waals surface area contributed by atoms with E-state index in [0.29, 0.717) is 0 Å². The lowest BCUT2D eigenvalue weighted by molar-refractivity contribution is -0.141. The van der Waals surface area contributed by atoms with Crippen molar-refractivity contribution in [1.82, 2.24) is 0 Å². The Morgan fingerprint density at radius 3 is 2.54 bits per heavy atom. The molecule has 0 amide bonds. The Kier molecular flexibility index (Phi) is 4.76. The summed E-state index contributed by atoms with van der Waals surface area (Å²) in [5, 5.41) is 8.30. The van der Waals surface area contributed by atoms with Crippen LogP contribution in [0.3, 0.4) is 0 Å². The molecule has 0 aromatic rings. The molecule has 0 aromatic heterocycles. The summed E-state index contributed by atoms with van der Waals surface area (Å²) in [5.74, 6) is -1.39. The van der Waals surface area contributed by atoms with Crippen LogP contribution in [0.15, 0.2) is 12.3 Å². The predicted molar refractivity (Wildman–Crippen MR) is 45.8 cm³/mol. The molecule has 0 radical (unpaired) electrons. The van der Waals surface area contributed by atoms with Gasteiger partial charge in [-0.2, -0.15) is 0 Å². The summed E-state index contributed by atoms with van der Waals surface area (Å²) in [6.45, 7) is 4.87. The second kappa shape index (κ2) is 5.31. The number of aliphatic carboxylic acids is 1. The molecule has 0 fully saturated rings. The van der Waals surface area contributed by atoms with Gasteiger partial charge in [-0.3, -0.25) is 4.79 Å². The molecule has 0 aliphatic heterocycles. The standard InChI is InChI=1S/C8H13NO4/c1-5(2)13-8(12)6(9)3-4-7(10)11/h6H,1,3-4,9H2,2H3,(H,10,11)/t6-/m0/s1. The van der Waals surface area contributed by atoms with E-state index in [1.807, 2.05) is 0 Å². The monoisotopic (exact) mass is 187 g/mol. The number of rotatable bonds is 5. The summed E-state index contributed by atoms with van der Waals surface area (Å²) in [4.78, 5) is 21.1. The molecule has 0 spiro atoms. The van der Waals surface area contributed by atoms with Gasteiger partial charge in [-0.05, 0) is 13.3 Å². The third-order valence-electron chi connectivity index (χ3n) is 1.25. The van der Waals surface area contributed by atoms with Crippen molar-refractivity contribution in [3.05, 3.63) is 12.3 Å². The molecule has 0 unspecified atom stereocenters. The zero-order chi connectivity index (χ0) is 10.4. The maximum Gasteiger partial charge on any atom is 0.327 e. The van der Waals surface area contributed by atoms with Gasteiger partial charge in [-0.25, -0.2) is 4.79 Å². The Bertz CT molecular complexity index is 224. The molecule has 74 valence electrons. The van der Waals surface area contributed by atoms with Crippen LogP contribution in [-0.4, -0.2) is 23.1 Å². The first-order valence-corrected chi connectivity index (χ1v) is 3.78. The number of ether oxygens (including phenoxy) is 1. The predicted octanol–water partition coefficient (Wildman–Crippen LogP) is 0.255. The Labute approximate surface area is 76.2 Å². The normalized spacial score (nSPS) is 11.8. The largest absolute Gasteiger partial charge is 0.481 e. The number of hydrogen-bond donors (Lipinski definition) is 2. The molecule has 0 heterocycles. The summed E-state index contributed by atoms with van der Waals surface area (Å²) in [6, 6.07) is -0.896. The number of esters is 1. The van der Waals surface area contributed by atoms with E-state index in [9.17, 15) is 9.59 Å². The summed E-state index contributed by atoms with van der Waals surface area (Å²) in [7, 11) is 0. The zero-order valence-electron chi connectivity index (χ0n) is 7.45. The van der Waals surface area contributed by atoms with E-state index >= 15 is 0 Å². The molecule has 13 heavy (non-hydrogen) atoms. The topological polar surface area (TPSA) is 89.6 Å². The highest BCUT2D eigenvalue weighted by atomic mass is 16.5. The Hall–Kier alpha value is -1.36. The first kappa shape index (κ1) is 11.6. The van der Waals surface area contributed by atoms with Crippen LogP contribution < -0.4 is 5.73 Å². The molecule has 0 saturated carbocycles. The minimum absolute atomic E-state index is 0.0709.